The van der Waals surface area contributed by atoms with E-state index < -0.39 is 6.04 Å². The Balaban J connectivity index is 1.44. The summed E-state index contributed by atoms with van der Waals surface area (Å²) in [5, 5.41) is 11.0. The Morgan fingerprint density at radius 2 is 1.67 bits per heavy atom. The predicted molar refractivity (Wildman–Crippen MR) is 137 cm³/mol. The minimum Gasteiger partial charge on any atom is -0.496 e. The summed E-state index contributed by atoms with van der Waals surface area (Å²) in [7, 11) is 3.27. The third-order valence-electron chi connectivity index (χ3n) is 8.19. The van der Waals surface area contributed by atoms with Gasteiger partial charge in [-0.1, -0.05) is 38.2 Å². The van der Waals surface area contributed by atoms with Gasteiger partial charge in [0.1, 0.15) is 17.5 Å². The maximum atomic E-state index is 13.5. The number of ether oxygens (including phenoxy) is 2. The van der Waals surface area contributed by atoms with Crippen molar-refractivity contribution in [2.75, 3.05) is 14.2 Å². The molecule has 8 heteroatoms. The van der Waals surface area contributed by atoms with Gasteiger partial charge in [-0.05, 0) is 62.6 Å². The fourth-order valence-corrected chi connectivity index (χ4v) is 5.60. The molecule has 0 radical (unpaired) electrons. The first kappa shape index (κ1) is 24.7. The molecule has 2 N–H and O–H groups in total. The minimum absolute atomic E-state index is 0.0678. The molecule has 1 aromatic heterocycles. The van der Waals surface area contributed by atoms with Crippen LogP contribution in [0.15, 0.2) is 24.3 Å². The molecule has 1 unspecified atom stereocenters. The molecule has 5 rings (SSSR count). The molecular formula is C28H38N4O4. The zero-order valence-electron chi connectivity index (χ0n) is 21.4. The summed E-state index contributed by atoms with van der Waals surface area (Å²) in [4.78, 5) is 26.6. The van der Waals surface area contributed by atoms with E-state index in [2.05, 4.69) is 10.6 Å². The topological polar surface area (TPSA) is 94.5 Å². The Morgan fingerprint density at radius 1 is 1.00 bits per heavy atom. The molecule has 0 aliphatic heterocycles. The largest absolute Gasteiger partial charge is 0.496 e. The van der Waals surface area contributed by atoms with E-state index in [9.17, 15) is 9.59 Å². The van der Waals surface area contributed by atoms with Gasteiger partial charge in [0.15, 0.2) is 5.69 Å². The van der Waals surface area contributed by atoms with Gasteiger partial charge < -0.3 is 20.1 Å². The number of amides is 2. The van der Waals surface area contributed by atoms with Gasteiger partial charge in [-0.2, -0.15) is 5.10 Å². The Hall–Kier alpha value is -3.03. The molecule has 0 saturated heterocycles. The lowest BCUT2D eigenvalue weighted by molar-refractivity contribution is -0.124. The van der Waals surface area contributed by atoms with Gasteiger partial charge in [0.05, 0.1) is 31.5 Å². The van der Waals surface area contributed by atoms with E-state index in [1.54, 1.807) is 14.2 Å². The van der Waals surface area contributed by atoms with Crippen LogP contribution in [-0.2, 0) is 4.79 Å². The SMILES string of the molecule is COc1cccc(OC)c1-c1cc(C(=O)NC(CC2CCC2)C(=O)NC2CCC2)nn1C1CCCC1. The fourth-order valence-electron chi connectivity index (χ4n) is 5.60. The fraction of sp³-hybridized carbons (Fsp3) is 0.607. The summed E-state index contributed by atoms with van der Waals surface area (Å²) in [6.07, 6.45) is 11.6. The molecule has 2 aromatic rings. The van der Waals surface area contributed by atoms with E-state index in [4.69, 9.17) is 14.6 Å². The first-order valence-electron chi connectivity index (χ1n) is 13.5. The minimum atomic E-state index is -0.538. The lowest BCUT2D eigenvalue weighted by Crippen LogP contribution is -2.52. The molecule has 3 aliphatic rings. The van der Waals surface area contributed by atoms with Crippen LogP contribution in [0, 0.1) is 5.92 Å². The van der Waals surface area contributed by atoms with Gasteiger partial charge in [0.25, 0.3) is 5.91 Å². The third-order valence-corrected chi connectivity index (χ3v) is 8.19. The molecule has 8 nitrogen and oxygen atoms in total. The van der Waals surface area contributed by atoms with Crippen molar-refractivity contribution >= 4 is 11.8 Å². The van der Waals surface area contributed by atoms with Crippen molar-refractivity contribution in [2.24, 2.45) is 5.92 Å². The molecule has 2 amide bonds. The molecule has 194 valence electrons. The summed E-state index contributed by atoms with van der Waals surface area (Å²) in [6, 6.07) is 7.40. The molecule has 36 heavy (non-hydrogen) atoms. The molecule has 3 saturated carbocycles. The second-order valence-corrected chi connectivity index (χ2v) is 10.5. The van der Waals surface area contributed by atoms with Crippen LogP contribution < -0.4 is 20.1 Å². The van der Waals surface area contributed by atoms with E-state index >= 15 is 0 Å². The van der Waals surface area contributed by atoms with E-state index in [0.29, 0.717) is 29.5 Å². The summed E-state index contributed by atoms with van der Waals surface area (Å²) < 4.78 is 13.3. The zero-order valence-corrected chi connectivity index (χ0v) is 21.4. The van der Waals surface area contributed by atoms with Gasteiger partial charge in [-0.25, -0.2) is 0 Å². The number of carbonyl (C=O) groups is 2. The molecule has 1 heterocycles. The lowest BCUT2D eigenvalue weighted by atomic mass is 9.80. The number of nitrogens with zero attached hydrogens (tertiary/aromatic N) is 2. The van der Waals surface area contributed by atoms with Gasteiger partial charge >= 0.3 is 0 Å². The van der Waals surface area contributed by atoms with Crippen LogP contribution >= 0.6 is 0 Å². The Morgan fingerprint density at radius 3 is 2.22 bits per heavy atom. The number of hydrogen-bond donors (Lipinski definition) is 2. The number of aromatic nitrogens is 2. The first-order valence-corrected chi connectivity index (χ1v) is 13.5. The summed E-state index contributed by atoms with van der Waals surface area (Å²) >= 11 is 0. The smallest absolute Gasteiger partial charge is 0.272 e. The van der Waals surface area contributed by atoms with Crippen LogP contribution in [0.4, 0.5) is 0 Å². The van der Waals surface area contributed by atoms with Gasteiger partial charge in [-0.3, -0.25) is 14.3 Å². The third kappa shape index (κ3) is 5.08. The number of carbonyl (C=O) groups excluding carboxylic acids is 2. The molecule has 0 spiro atoms. The molecule has 3 aliphatic carbocycles. The highest BCUT2D eigenvalue weighted by atomic mass is 16.5. The number of benzene rings is 1. The van der Waals surface area contributed by atoms with Crippen LogP contribution in [0.1, 0.15) is 87.2 Å². The van der Waals surface area contributed by atoms with Gasteiger partial charge in [-0.15, -0.1) is 0 Å². The van der Waals surface area contributed by atoms with Crippen molar-refractivity contribution in [3.05, 3.63) is 30.0 Å². The first-order chi connectivity index (χ1) is 17.6. The average Bonchev–Trinajstić information content (AvgIpc) is 3.52. The van der Waals surface area contributed by atoms with Crippen molar-refractivity contribution in [3.8, 4) is 22.8 Å². The van der Waals surface area contributed by atoms with Crippen molar-refractivity contribution in [2.45, 2.75) is 88.8 Å². The van der Waals surface area contributed by atoms with Crippen LogP contribution in [0.3, 0.4) is 0 Å². The highest BCUT2D eigenvalue weighted by molar-refractivity contribution is 5.97. The average molecular weight is 495 g/mol. The summed E-state index contributed by atoms with van der Waals surface area (Å²) in [5.74, 6) is 1.45. The summed E-state index contributed by atoms with van der Waals surface area (Å²) in [6.45, 7) is 0. The van der Waals surface area contributed by atoms with Crippen LogP contribution in [0.2, 0.25) is 0 Å². The molecule has 3 fully saturated rings. The number of rotatable bonds is 10. The molecule has 1 atom stereocenters. The number of nitrogens with one attached hydrogen (secondary N) is 2. The van der Waals surface area contributed by atoms with Crippen molar-refractivity contribution < 1.29 is 19.1 Å². The van der Waals surface area contributed by atoms with E-state index in [1.165, 1.54) is 6.42 Å². The predicted octanol–water partition coefficient (Wildman–Crippen LogP) is 4.64. The maximum Gasteiger partial charge on any atom is 0.272 e. The highest BCUT2D eigenvalue weighted by Crippen LogP contribution is 2.42. The summed E-state index contributed by atoms with van der Waals surface area (Å²) in [5.41, 5.74) is 1.91. The second-order valence-electron chi connectivity index (χ2n) is 10.5. The van der Waals surface area contributed by atoms with Crippen molar-refractivity contribution in [1.82, 2.24) is 20.4 Å². The quantitative estimate of drug-likeness (QED) is 0.502. The van der Waals surface area contributed by atoms with Crippen LogP contribution in [-0.4, -0.2) is 47.9 Å². The molecule has 0 bridgehead atoms. The van der Waals surface area contributed by atoms with E-state index in [1.807, 2.05) is 28.9 Å². The standard InChI is InChI=1S/C28H38N4O4/c1-35-24-14-7-15-25(36-2)26(24)23-17-22(31-32(23)20-12-3-4-13-20)28(34)30-21(16-18-8-5-9-18)27(33)29-19-10-6-11-19/h7,14-15,17-21H,3-6,8-13,16H2,1-2H3,(H,29,33)(H,30,34). The van der Waals surface area contributed by atoms with Crippen molar-refractivity contribution in [3.63, 3.8) is 0 Å². The Kier molecular flexibility index (Phi) is 7.48. The zero-order chi connectivity index (χ0) is 25.1. The Labute approximate surface area is 213 Å². The second kappa shape index (κ2) is 10.9. The Bertz CT molecular complexity index is 1060. The molecule has 1 aromatic carbocycles. The van der Waals surface area contributed by atoms with Crippen molar-refractivity contribution in [1.29, 1.82) is 0 Å². The maximum absolute atomic E-state index is 13.5. The van der Waals surface area contributed by atoms with Crippen LogP contribution in [0.5, 0.6) is 11.5 Å². The number of methoxy groups -OCH3 is 2. The van der Waals surface area contributed by atoms with Gasteiger partial charge in [0, 0.05) is 6.04 Å². The monoisotopic (exact) mass is 494 g/mol. The van der Waals surface area contributed by atoms with Gasteiger partial charge in [0.2, 0.25) is 5.91 Å². The normalized spacial score (nSPS) is 19.3. The lowest BCUT2D eigenvalue weighted by Gasteiger charge is -2.32. The van der Waals surface area contributed by atoms with Crippen LogP contribution in [0.25, 0.3) is 11.3 Å². The molecular weight excluding hydrogens is 456 g/mol. The van der Waals surface area contributed by atoms with E-state index in [0.717, 1.165) is 69.0 Å². The highest BCUT2D eigenvalue weighted by Gasteiger charge is 2.32. The number of hydrogen-bond acceptors (Lipinski definition) is 5. The van der Waals surface area contributed by atoms with E-state index in [-0.39, 0.29) is 23.9 Å².